The zero-order valence-corrected chi connectivity index (χ0v) is 12.6. The third kappa shape index (κ3) is 6.17. The summed E-state index contributed by atoms with van der Waals surface area (Å²) in [6, 6.07) is 9.68. The molecule has 0 saturated heterocycles. The van der Waals surface area contributed by atoms with Crippen molar-refractivity contribution < 1.29 is 4.79 Å². The van der Waals surface area contributed by atoms with Crippen LogP contribution in [0.3, 0.4) is 0 Å². The van der Waals surface area contributed by atoms with E-state index in [0.29, 0.717) is 13.0 Å². The first-order valence-electron chi connectivity index (χ1n) is 7.26. The largest absolute Gasteiger partial charge is 0.350 e. The van der Waals surface area contributed by atoms with Gasteiger partial charge in [-0.1, -0.05) is 36.8 Å². The van der Waals surface area contributed by atoms with Crippen molar-refractivity contribution in [2.45, 2.75) is 51.1 Å². The van der Waals surface area contributed by atoms with Crippen LogP contribution in [0.5, 0.6) is 0 Å². The molecule has 0 aliphatic rings. The zero-order chi connectivity index (χ0) is 15.0. The Morgan fingerprint density at radius 1 is 1.25 bits per heavy atom. The van der Waals surface area contributed by atoms with Gasteiger partial charge in [0.15, 0.2) is 0 Å². The predicted molar refractivity (Wildman–Crippen MR) is 83.2 cm³/mol. The van der Waals surface area contributed by atoms with Gasteiger partial charge in [-0.15, -0.1) is 0 Å². The van der Waals surface area contributed by atoms with Crippen molar-refractivity contribution in [1.29, 1.82) is 0 Å². The highest BCUT2D eigenvalue weighted by atomic mass is 16.2. The molecule has 0 aliphatic heterocycles. The lowest BCUT2D eigenvalue weighted by Crippen LogP contribution is -2.51. The Kier molecular flexibility index (Phi) is 6.68. The molecule has 1 rings (SSSR count). The van der Waals surface area contributed by atoms with Gasteiger partial charge in [0.1, 0.15) is 0 Å². The van der Waals surface area contributed by atoms with Crippen LogP contribution in [0.4, 0.5) is 0 Å². The van der Waals surface area contributed by atoms with Crippen molar-refractivity contribution in [2.24, 2.45) is 11.5 Å². The summed E-state index contributed by atoms with van der Waals surface area (Å²) in [4.78, 5) is 12.1. The van der Waals surface area contributed by atoms with Crippen LogP contribution in [-0.4, -0.2) is 24.0 Å². The summed E-state index contributed by atoms with van der Waals surface area (Å²) in [6.07, 6.45) is 3.28. The molecule has 1 aromatic carbocycles. The van der Waals surface area contributed by atoms with Gasteiger partial charge in [-0.25, -0.2) is 0 Å². The summed E-state index contributed by atoms with van der Waals surface area (Å²) in [6.45, 7) is 4.68. The number of unbranched alkanes of at least 4 members (excludes halogenated alkanes) is 1. The van der Waals surface area contributed by atoms with Gasteiger partial charge < -0.3 is 16.8 Å². The van der Waals surface area contributed by atoms with Crippen molar-refractivity contribution in [3.05, 3.63) is 35.9 Å². The maximum atomic E-state index is 12.1. The predicted octanol–water partition coefficient (Wildman–Crippen LogP) is 1.58. The second kappa shape index (κ2) is 8.02. The van der Waals surface area contributed by atoms with Gasteiger partial charge in [-0.3, -0.25) is 4.79 Å². The number of carbonyl (C=O) groups is 1. The fraction of sp³-hybridized carbons (Fsp3) is 0.562. The van der Waals surface area contributed by atoms with Gasteiger partial charge in [0.2, 0.25) is 5.91 Å². The number of amides is 1. The van der Waals surface area contributed by atoms with Crippen LogP contribution in [0.2, 0.25) is 0 Å². The van der Waals surface area contributed by atoms with E-state index in [0.717, 1.165) is 19.3 Å². The van der Waals surface area contributed by atoms with Gasteiger partial charge >= 0.3 is 0 Å². The molecule has 1 amide bonds. The van der Waals surface area contributed by atoms with E-state index in [4.69, 9.17) is 11.5 Å². The monoisotopic (exact) mass is 277 g/mol. The topological polar surface area (TPSA) is 81.1 Å². The average Bonchev–Trinajstić information content (AvgIpc) is 2.38. The summed E-state index contributed by atoms with van der Waals surface area (Å²) in [7, 11) is 0. The third-order valence-corrected chi connectivity index (χ3v) is 3.26. The molecule has 112 valence electrons. The highest BCUT2D eigenvalue weighted by Gasteiger charge is 2.23. The molecule has 4 nitrogen and oxygen atoms in total. The molecule has 0 bridgehead atoms. The van der Waals surface area contributed by atoms with Crippen molar-refractivity contribution in [3.8, 4) is 0 Å². The molecule has 0 aromatic heterocycles. The minimum absolute atomic E-state index is 0.0806. The molecule has 4 heteroatoms. The highest BCUT2D eigenvalue weighted by Crippen LogP contribution is 2.13. The lowest BCUT2D eigenvalue weighted by Gasteiger charge is -2.28. The Hall–Kier alpha value is -1.39. The van der Waals surface area contributed by atoms with Crippen LogP contribution in [-0.2, 0) is 11.2 Å². The Labute approximate surface area is 121 Å². The molecule has 5 N–H and O–H groups in total. The molecule has 20 heavy (non-hydrogen) atoms. The summed E-state index contributed by atoms with van der Waals surface area (Å²) < 4.78 is 0. The van der Waals surface area contributed by atoms with E-state index >= 15 is 0 Å². The second-order valence-electron chi connectivity index (χ2n) is 5.93. The van der Waals surface area contributed by atoms with Crippen molar-refractivity contribution >= 4 is 5.91 Å². The molecular weight excluding hydrogens is 250 g/mol. The number of nitrogens with two attached hydrogens (primary N) is 2. The Balaban J connectivity index is 2.46. The van der Waals surface area contributed by atoms with Crippen LogP contribution in [0.15, 0.2) is 30.3 Å². The minimum Gasteiger partial charge on any atom is -0.350 e. The van der Waals surface area contributed by atoms with E-state index in [2.05, 4.69) is 17.4 Å². The molecule has 0 heterocycles. The Morgan fingerprint density at radius 3 is 2.50 bits per heavy atom. The van der Waals surface area contributed by atoms with Crippen LogP contribution in [0, 0.1) is 0 Å². The molecule has 0 aliphatic carbocycles. The van der Waals surface area contributed by atoms with Gasteiger partial charge in [-0.2, -0.15) is 0 Å². The molecule has 0 fully saturated rings. The maximum absolute atomic E-state index is 12.1. The number of benzene rings is 1. The fourth-order valence-electron chi connectivity index (χ4n) is 2.22. The van der Waals surface area contributed by atoms with E-state index in [9.17, 15) is 4.79 Å². The molecular formula is C16H27N3O. The van der Waals surface area contributed by atoms with Crippen LogP contribution < -0.4 is 16.8 Å². The van der Waals surface area contributed by atoms with Gasteiger partial charge in [-0.05, 0) is 45.2 Å². The average molecular weight is 277 g/mol. The van der Waals surface area contributed by atoms with E-state index in [1.54, 1.807) is 0 Å². The SMILES string of the molecule is CC(C)(Cc1ccccc1)NC(=O)C(N)CCCCN. The van der Waals surface area contributed by atoms with Crippen molar-refractivity contribution in [1.82, 2.24) is 5.32 Å². The molecule has 1 aromatic rings. The highest BCUT2D eigenvalue weighted by molar-refractivity contribution is 5.82. The number of hydrogen-bond donors (Lipinski definition) is 3. The number of nitrogens with one attached hydrogen (secondary N) is 1. The normalized spacial score (nSPS) is 13.0. The second-order valence-corrected chi connectivity index (χ2v) is 5.93. The molecule has 1 unspecified atom stereocenters. The van der Waals surface area contributed by atoms with Gasteiger partial charge in [0, 0.05) is 5.54 Å². The standard InChI is InChI=1S/C16H27N3O/c1-16(2,12-13-8-4-3-5-9-13)19-15(20)14(18)10-6-7-11-17/h3-5,8-9,14H,6-7,10-12,17-18H2,1-2H3,(H,19,20). The summed E-state index contributed by atoms with van der Waals surface area (Å²) >= 11 is 0. The Bertz CT molecular complexity index is 403. The minimum atomic E-state index is -0.448. The number of carbonyl (C=O) groups excluding carboxylic acids is 1. The van der Waals surface area contributed by atoms with E-state index in [1.807, 2.05) is 32.0 Å². The molecule has 0 saturated carbocycles. The summed E-state index contributed by atoms with van der Waals surface area (Å²) in [5.41, 5.74) is 12.2. The smallest absolute Gasteiger partial charge is 0.237 e. The Morgan fingerprint density at radius 2 is 1.90 bits per heavy atom. The lowest BCUT2D eigenvalue weighted by atomic mass is 9.94. The quantitative estimate of drug-likeness (QED) is 0.631. The first-order valence-corrected chi connectivity index (χ1v) is 7.26. The maximum Gasteiger partial charge on any atom is 0.237 e. The van der Waals surface area contributed by atoms with Crippen molar-refractivity contribution in [2.75, 3.05) is 6.54 Å². The van der Waals surface area contributed by atoms with E-state index < -0.39 is 6.04 Å². The number of rotatable bonds is 8. The van der Waals surface area contributed by atoms with Gasteiger partial charge in [0.05, 0.1) is 6.04 Å². The summed E-state index contributed by atoms with van der Waals surface area (Å²) in [5.74, 6) is -0.0806. The van der Waals surface area contributed by atoms with Crippen LogP contribution in [0.1, 0.15) is 38.7 Å². The van der Waals surface area contributed by atoms with E-state index in [-0.39, 0.29) is 11.4 Å². The first kappa shape index (κ1) is 16.7. The van der Waals surface area contributed by atoms with Crippen molar-refractivity contribution in [3.63, 3.8) is 0 Å². The fourth-order valence-corrected chi connectivity index (χ4v) is 2.22. The lowest BCUT2D eigenvalue weighted by molar-refractivity contribution is -0.124. The number of hydrogen-bond acceptors (Lipinski definition) is 3. The van der Waals surface area contributed by atoms with Crippen LogP contribution in [0.25, 0.3) is 0 Å². The summed E-state index contributed by atoms with van der Waals surface area (Å²) in [5, 5.41) is 3.04. The molecule has 0 radical (unpaired) electrons. The third-order valence-electron chi connectivity index (χ3n) is 3.26. The molecule has 1 atom stereocenters. The first-order chi connectivity index (χ1) is 9.44. The van der Waals surface area contributed by atoms with Gasteiger partial charge in [0.25, 0.3) is 0 Å². The molecule has 0 spiro atoms. The zero-order valence-electron chi connectivity index (χ0n) is 12.6. The van der Waals surface area contributed by atoms with E-state index in [1.165, 1.54) is 5.56 Å². The van der Waals surface area contributed by atoms with Crippen LogP contribution >= 0.6 is 0 Å².